The smallest absolute Gasteiger partial charge is 0.222 e. The van der Waals surface area contributed by atoms with Crippen molar-refractivity contribution in [3.63, 3.8) is 0 Å². The minimum Gasteiger partial charge on any atom is -0.362 e. The lowest BCUT2D eigenvalue weighted by molar-refractivity contribution is -0.120. The fraction of sp³-hybridized carbons (Fsp3) is 0.364. The number of rotatable bonds is 4. The third-order valence-electron chi connectivity index (χ3n) is 2.26. The van der Waals surface area contributed by atoms with E-state index in [9.17, 15) is 4.79 Å². The zero-order valence-corrected chi connectivity index (χ0v) is 9.87. The van der Waals surface area contributed by atoms with Crippen molar-refractivity contribution in [1.29, 1.82) is 0 Å². The fourth-order valence-electron chi connectivity index (χ4n) is 1.24. The predicted octanol–water partition coefficient (Wildman–Crippen LogP) is 1.51. The van der Waals surface area contributed by atoms with Gasteiger partial charge in [-0.05, 0) is 12.1 Å². The summed E-state index contributed by atoms with van der Waals surface area (Å²) in [6, 6.07) is 9.88. The fourth-order valence-corrected chi connectivity index (χ4v) is 1.54. The van der Waals surface area contributed by atoms with Crippen LogP contribution in [-0.4, -0.2) is 25.4 Å². The summed E-state index contributed by atoms with van der Waals surface area (Å²) < 4.78 is 0. The van der Waals surface area contributed by atoms with Crippen LogP contribution in [0.1, 0.15) is 6.42 Å². The molecule has 0 radical (unpaired) electrons. The molecule has 0 aliphatic rings. The maximum atomic E-state index is 11.2. The molecule has 1 amide bonds. The Morgan fingerprint density at radius 3 is 2.60 bits per heavy atom. The molecular weight excluding hydrogens is 208 g/mol. The molecule has 1 N–H and O–H groups in total. The summed E-state index contributed by atoms with van der Waals surface area (Å²) in [5, 5.41) is 2.48. The van der Waals surface area contributed by atoms with E-state index in [0.29, 0.717) is 6.42 Å². The van der Waals surface area contributed by atoms with Crippen LogP contribution in [0.2, 0.25) is 0 Å². The first-order valence-electron chi connectivity index (χ1n) is 4.81. The number of thiol groups is 1. The van der Waals surface area contributed by atoms with E-state index in [-0.39, 0.29) is 11.3 Å². The largest absolute Gasteiger partial charge is 0.362 e. The van der Waals surface area contributed by atoms with Gasteiger partial charge in [0.1, 0.15) is 0 Å². The number of hydrogen-bond donors (Lipinski definition) is 2. The van der Waals surface area contributed by atoms with Crippen molar-refractivity contribution in [2.45, 2.75) is 11.8 Å². The van der Waals surface area contributed by atoms with E-state index in [1.807, 2.05) is 42.3 Å². The summed E-state index contributed by atoms with van der Waals surface area (Å²) in [5.74, 6) is -0.00205. The number of anilines is 1. The molecule has 0 bridgehead atoms. The highest BCUT2D eigenvalue weighted by Crippen LogP contribution is 2.17. The average molecular weight is 224 g/mol. The highest BCUT2D eigenvalue weighted by Gasteiger charge is 2.13. The summed E-state index contributed by atoms with van der Waals surface area (Å²) in [6.45, 7) is 0. The topological polar surface area (TPSA) is 32.3 Å². The number of nitrogens with one attached hydrogen (secondary N) is 1. The van der Waals surface area contributed by atoms with E-state index in [4.69, 9.17) is 0 Å². The van der Waals surface area contributed by atoms with Crippen molar-refractivity contribution in [3.8, 4) is 0 Å². The van der Waals surface area contributed by atoms with Gasteiger partial charge in [0.15, 0.2) is 0 Å². The van der Waals surface area contributed by atoms with Crippen molar-refractivity contribution in [2.24, 2.45) is 0 Å². The van der Waals surface area contributed by atoms with Gasteiger partial charge in [-0.15, -0.1) is 0 Å². The number of amides is 1. The average Bonchev–Trinajstić information content (AvgIpc) is 2.29. The van der Waals surface area contributed by atoms with Crippen molar-refractivity contribution in [1.82, 2.24) is 5.32 Å². The Bertz CT molecular complexity index is 316. The number of nitrogens with zero attached hydrogens (tertiary/aromatic N) is 1. The van der Waals surface area contributed by atoms with E-state index >= 15 is 0 Å². The van der Waals surface area contributed by atoms with Gasteiger partial charge < -0.3 is 10.2 Å². The van der Waals surface area contributed by atoms with Crippen LogP contribution in [0.4, 0.5) is 5.69 Å². The summed E-state index contributed by atoms with van der Waals surface area (Å²) in [4.78, 5) is 13.1. The second-order valence-corrected chi connectivity index (χ2v) is 3.90. The minimum absolute atomic E-state index is 0.00205. The third-order valence-corrected chi connectivity index (χ3v) is 2.79. The Hall–Kier alpha value is -1.16. The Kier molecular flexibility index (Phi) is 4.49. The van der Waals surface area contributed by atoms with Crippen LogP contribution in [0.5, 0.6) is 0 Å². The second kappa shape index (κ2) is 5.66. The Morgan fingerprint density at radius 1 is 1.47 bits per heavy atom. The summed E-state index contributed by atoms with van der Waals surface area (Å²) in [7, 11) is 3.56. The molecule has 1 atom stereocenters. The monoisotopic (exact) mass is 224 g/mol. The van der Waals surface area contributed by atoms with Gasteiger partial charge in [0.2, 0.25) is 5.91 Å². The predicted molar refractivity (Wildman–Crippen MR) is 66.3 cm³/mol. The maximum absolute atomic E-state index is 11.2. The van der Waals surface area contributed by atoms with Crippen molar-refractivity contribution in [2.75, 3.05) is 19.0 Å². The molecule has 82 valence electrons. The number of hydrogen-bond acceptors (Lipinski definition) is 3. The molecule has 0 spiro atoms. The van der Waals surface area contributed by atoms with Crippen molar-refractivity contribution < 1.29 is 4.79 Å². The van der Waals surface area contributed by atoms with Crippen molar-refractivity contribution >= 4 is 24.2 Å². The molecule has 1 unspecified atom stereocenters. The Morgan fingerprint density at radius 2 is 2.07 bits per heavy atom. The Balaban J connectivity index is 2.61. The minimum atomic E-state index is -0.104. The lowest BCUT2D eigenvalue weighted by Crippen LogP contribution is -2.32. The zero-order valence-electron chi connectivity index (χ0n) is 8.97. The van der Waals surface area contributed by atoms with E-state index < -0.39 is 0 Å². The second-order valence-electron chi connectivity index (χ2n) is 3.30. The molecule has 1 aromatic carbocycles. The van der Waals surface area contributed by atoms with Crippen LogP contribution < -0.4 is 10.2 Å². The van der Waals surface area contributed by atoms with E-state index in [1.54, 1.807) is 7.05 Å². The number of benzene rings is 1. The summed E-state index contributed by atoms with van der Waals surface area (Å²) >= 11 is 4.39. The Labute approximate surface area is 95.9 Å². The molecule has 1 aromatic rings. The van der Waals surface area contributed by atoms with Gasteiger partial charge in [-0.25, -0.2) is 0 Å². The van der Waals surface area contributed by atoms with E-state index in [2.05, 4.69) is 17.9 Å². The highest BCUT2D eigenvalue weighted by molar-refractivity contribution is 7.81. The number of para-hydroxylation sites is 1. The first kappa shape index (κ1) is 11.9. The van der Waals surface area contributed by atoms with Crippen molar-refractivity contribution in [3.05, 3.63) is 30.3 Å². The molecule has 0 aliphatic heterocycles. The van der Waals surface area contributed by atoms with Crippen LogP contribution in [0.3, 0.4) is 0 Å². The normalized spacial score (nSPS) is 11.9. The van der Waals surface area contributed by atoms with Gasteiger partial charge in [-0.3, -0.25) is 4.79 Å². The highest BCUT2D eigenvalue weighted by atomic mass is 32.1. The molecule has 0 aliphatic carbocycles. The third kappa shape index (κ3) is 3.47. The van der Waals surface area contributed by atoms with Gasteiger partial charge in [-0.1, -0.05) is 18.2 Å². The van der Waals surface area contributed by atoms with Crippen LogP contribution in [-0.2, 0) is 4.79 Å². The summed E-state index contributed by atoms with van der Waals surface area (Å²) in [6.07, 6.45) is 0.380. The summed E-state index contributed by atoms with van der Waals surface area (Å²) in [5.41, 5.74) is 1.06. The van der Waals surface area contributed by atoms with Gasteiger partial charge in [0.05, 0.1) is 11.8 Å². The van der Waals surface area contributed by atoms with Crippen LogP contribution in [0.25, 0.3) is 0 Å². The lowest BCUT2D eigenvalue weighted by atomic mass is 10.3. The van der Waals surface area contributed by atoms with E-state index in [0.717, 1.165) is 5.69 Å². The molecule has 0 fully saturated rings. The van der Waals surface area contributed by atoms with E-state index in [1.165, 1.54) is 0 Å². The van der Waals surface area contributed by atoms with Gasteiger partial charge in [-0.2, -0.15) is 12.6 Å². The quantitative estimate of drug-likeness (QED) is 0.600. The molecule has 0 saturated heterocycles. The molecular formula is C11H16N2OS. The number of carbonyl (C=O) groups excluding carboxylic acids is 1. The first-order chi connectivity index (χ1) is 7.15. The first-order valence-corrected chi connectivity index (χ1v) is 5.33. The van der Waals surface area contributed by atoms with Crippen LogP contribution in [0.15, 0.2) is 30.3 Å². The van der Waals surface area contributed by atoms with Crippen LogP contribution >= 0.6 is 12.6 Å². The maximum Gasteiger partial charge on any atom is 0.222 e. The molecule has 0 saturated carbocycles. The van der Waals surface area contributed by atoms with Crippen LogP contribution in [0, 0.1) is 0 Å². The van der Waals surface area contributed by atoms with Gasteiger partial charge >= 0.3 is 0 Å². The molecule has 1 rings (SSSR count). The number of carbonyl (C=O) groups is 1. The van der Waals surface area contributed by atoms with Gasteiger partial charge in [0, 0.05) is 19.8 Å². The standard InChI is InChI=1S/C11H16N2OS/c1-12-10(14)8-11(15)13(2)9-6-4-3-5-7-9/h3-7,11,15H,8H2,1-2H3,(H,12,14). The molecule has 0 heterocycles. The molecule has 0 aromatic heterocycles. The SMILES string of the molecule is CNC(=O)CC(S)N(C)c1ccccc1. The molecule has 3 nitrogen and oxygen atoms in total. The molecule has 4 heteroatoms. The molecule has 15 heavy (non-hydrogen) atoms. The lowest BCUT2D eigenvalue weighted by Gasteiger charge is -2.25. The zero-order chi connectivity index (χ0) is 11.3. The van der Waals surface area contributed by atoms with Gasteiger partial charge in [0.25, 0.3) is 0 Å².